The first-order chi connectivity index (χ1) is 34.0. The van der Waals surface area contributed by atoms with Crippen molar-refractivity contribution in [1.82, 2.24) is 0 Å². The Kier molecular flexibility index (Phi) is 54.8. The van der Waals surface area contributed by atoms with Crippen molar-refractivity contribution in [2.75, 3.05) is 13.2 Å². The summed E-state index contributed by atoms with van der Waals surface area (Å²) in [6.45, 7) is 6.51. The predicted molar refractivity (Wildman–Crippen MR) is 298 cm³/mol. The van der Waals surface area contributed by atoms with Crippen molar-refractivity contribution in [3.63, 3.8) is 0 Å². The van der Waals surface area contributed by atoms with E-state index in [0.29, 0.717) is 19.3 Å². The standard InChI is InChI=1S/C63H110O6/c1-4-7-10-13-16-19-22-25-27-28-29-30-31-32-33-34-36-38-41-44-47-50-53-56-62(65)68-59-60(58-67-61(64)55-52-49-46-43-40-37-24-21-18-15-12-9-6-3)69-63(66)57-54-51-48-45-42-39-35-26-23-20-17-14-11-8-5-2/h9,12,18,21-22,25,28-29,31-32,37,40,60H,4-8,10-11,13-17,19-20,23-24,26-27,30,33-36,38-39,41-59H2,1-3H3/b12-9-,21-18-,25-22-,29-28-,32-31-,40-37-. The molecule has 0 amide bonds. The second-order valence-electron chi connectivity index (χ2n) is 19.5. The highest BCUT2D eigenvalue weighted by Crippen LogP contribution is 2.16. The van der Waals surface area contributed by atoms with E-state index in [9.17, 15) is 14.4 Å². The van der Waals surface area contributed by atoms with Crippen molar-refractivity contribution in [2.24, 2.45) is 0 Å². The van der Waals surface area contributed by atoms with Gasteiger partial charge in [0.15, 0.2) is 6.10 Å². The highest BCUT2D eigenvalue weighted by molar-refractivity contribution is 5.71. The molecule has 1 unspecified atom stereocenters. The van der Waals surface area contributed by atoms with E-state index in [-0.39, 0.29) is 31.1 Å². The van der Waals surface area contributed by atoms with Crippen LogP contribution in [0.4, 0.5) is 0 Å². The summed E-state index contributed by atoms with van der Waals surface area (Å²) in [6.07, 6.45) is 73.3. The first-order valence-electron chi connectivity index (χ1n) is 29.4. The number of ether oxygens (including phenoxy) is 3. The van der Waals surface area contributed by atoms with Crippen LogP contribution in [-0.4, -0.2) is 37.2 Å². The summed E-state index contributed by atoms with van der Waals surface area (Å²) in [6, 6.07) is 0. The molecule has 0 aromatic rings. The van der Waals surface area contributed by atoms with Crippen molar-refractivity contribution >= 4 is 17.9 Å². The summed E-state index contributed by atoms with van der Waals surface area (Å²) in [5.41, 5.74) is 0. The minimum absolute atomic E-state index is 0.0868. The number of allylic oxidation sites excluding steroid dienone is 12. The summed E-state index contributed by atoms with van der Waals surface area (Å²) >= 11 is 0. The maximum absolute atomic E-state index is 12.8. The van der Waals surface area contributed by atoms with Gasteiger partial charge in [0.1, 0.15) is 13.2 Å². The number of rotatable bonds is 53. The van der Waals surface area contributed by atoms with Crippen LogP contribution in [0.5, 0.6) is 0 Å². The third-order valence-corrected chi connectivity index (χ3v) is 12.7. The third-order valence-electron chi connectivity index (χ3n) is 12.7. The van der Waals surface area contributed by atoms with E-state index >= 15 is 0 Å². The fourth-order valence-corrected chi connectivity index (χ4v) is 8.29. The number of carbonyl (C=O) groups is 3. The van der Waals surface area contributed by atoms with Gasteiger partial charge in [-0.05, 0) is 89.9 Å². The van der Waals surface area contributed by atoms with Crippen molar-refractivity contribution in [3.05, 3.63) is 72.9 Å². The van der Waals surface area contributed by atoms with Crippen LogP contribution >= 0.6 is 0 Å². The highest BCUT2D eigenvalue weighted by atomic mass is 16.6. The summed E-state index contributed by atoms with van der Waals surface area (Å²) < 4.78 is 16.8. The van der Waals surface area contributed by atoms with Crippen LogP contribution in [0.15, 0.2) is 72.9 Å². The fourth-order valence-electron chi connectivity index (χ4n) is 8.29. The minimum atomic E-state index is -0.789. The summed E-state index contributed by atoms with van der Waals surface area (Å²) in [7, 11) is 0. The summed E-state index contributed by atoms with van der Waals surface area (Å²) in [4.78, 5) is 38.1. The molecule has 0 bridgehead atoms. The molecule has 69 heavy (non-hydrogen) atoms. The quantitative estimate of drug-likeness (QED) is 0.0262. The van der Waals surface area contributed by atoms with Crippen LogP contribution in [0.25, 0.3) is 0 Å². The molecule has 0 aliphatic rings. The lowest BCUT2D eigenvalue weighted by Gasteiger charge is -2.18. The van der Waals surface area contributed by atoms with E-state index in [0.717, 1.165) is 103 Å². The number of hydrogen-bond acceptors (Lipinski definition) is 6. The van der Waals surface area contributed by atoms with Gasteiger partial charge in [-0.2, -0.15) is 0 Å². The van der Waals surface area contributed by atoms with E-state index in [1.165, 1.54) is 148 Å². The first kappa shape index (κ1) is 65.8. The molecule has 0 aromatic carbocycles. The lowest BCUT2D eigenvalue weighted by molar-refractivity contribution is -0.167. The number of esters is 3. The Balaban J connectivity index is 4.35. The van der Waals surface area contributed by atoms with Gasteiger partial charge in [-0.15, -0.1) is 0 Å². The van der Waals surface area contributed by atoms with Gasteiger partial charge >= 0.3 is 17.9 Å². The molecular formula is C63H110O6. The van der Waals surface area contributed by atoms with Gasteiger partial charge < -0.3 is 14.2 Å². The summed E-state index contributed by atoms with van der Waals surface area (Å²) in [5.74, 6) is -0.913. The topological polar surface area (TPSA) is 78.9 Å². The Bertz CT molecular complexity index is 1290. The zero-order chi connectivity index (χ0) is 50.0. The van der Waals surface area contributed by atoms with E-state index < -0.39 is 6.10 Å². The molecule has 0 saturated heterocycles. The smallest absolute Gasteiger partial charge is 0.306 e. The van der Waals surface area contributed by atoms with E-state index in [1.54, 1.807) is 0 Å². The Morgan fingerprint density at radius 1 is 0.304 bits per heavy atom. The minimum Gasteiger partial charge on any atom is -0.462 e. The third kappa shape index (κ3) is 55.6. The molecule has 0 fully saturated rings. The van der Waals surface area contributed by atoms with Crippen molar-refractivity contribution in [1.29, 1.82) is 0 Å². The molecule has 0 spiro atoms. The van der Waals surface area contributed by atoms with Crippen LogP contribution in [0, 0.1) is 0 Å². The molecule has 0 aliphatic carbocycles. The molecule has 398 valence electrons. The Morgan fingerprint density at radius 2 is 0.565 bits per heavy atom. The lowest BCUT2D eigenvalue weighted by Crippen LogP contribution is -2.30. The molecule has 6 nitrogen and oxygen atoms in total. The molecule has 0 rings (SSSR count). The van der Waals surface area contributed by atoms with E-state index in [2.05, 4.69) is 93.7 Å². The van der Waals surface area contributed by atoms with Crippen LogP contribution in [0.2, 0.25) is 0 Å². The molecule has 0 radical (unpaired) electrons. The fraction of sp³-hybridized carbons (Fsp3) is 0.762. The van der Waals surface area contributed by atoms with Crippen LogP contribution in [0.3, 0.4) is 0 Å². The SMILES string of the molecule is CC/C=C\C/C=C\C/C=C\CCCCCC(=O)OCC(COC(=O)CCCCCCCCCC/C=C\C/C=C\C/C=C\CCCCCCC)OC(=O)CCCCCCCCCCCCCCCCC. The average Bonchev–Trinajstić information content (AvgIpc) is 3.35. The van der Waals surface area contributed by atoms with Crippen LogP contribution in [-0.2, 0) is 28.6 Å². The molecule has 0 aromatic heterocycles. The second kappa shape index (κ2) is 57.4. The molecule has 6 heteroatoms. The van der Waals surface area contributed by atoms with Gasteiger partial charge in [0.05, 0.1) is 0 Å². The summed E-state index contributed by atoms with van der Waals surface area (Å²) in [5, 5.41) is 0. The van der Waals surface area contributed by atoms with Crippen molar-refractivity contribution in [3.8, 4) is 0 Å². The molecule has 1 atom stereocenters. The van der Waals surface area contributed by atoms with E-state index in [4.69, 9.17) is 14.2 Å². The Hall–Kier alpha value is -3.15. The normalized spacial score (nSPS) is 12.6. The van der Waals surface area contributed by atoms with Crippen LogP contribution < -0.4 is 0 Å². The van der Waals surface area contributed by atoms with Crippen LogP contribution in [0.1, 0.15) is 290 Å². The van der Waals surface area contributed by atoms with Gasteiger partial charge in [0, 0.05) is 19.3 Å². The lowest BCUT2D eigenvalue weighted by atomic mass is 10.0. The molecule has 0 N–H and O–H groups in total. The van der Waals surface area contributed by atoms with Gasteiger partial charge in [-0.1, -0.05) is 254 Å². The first-order valence-corrected chi connectivity index (χ1v) is 29.4. The monoisotopic (exact) mass is 963 g/mol. The van der Waals surface area contributed by atoms with Gasteiger partial charge in [-0.25, -0.2) is 0 Å². The average molecular weight is 964 g/mol. The number of unbranched alkanes of at least 4 members (excludes halogenated alkanes) is 30. The Labute approximate surface area is 427 Å². The molecule has 0 saturated carbocycles. The Morgan fingerprint density at radius 3 is 0.899 bits per heavy atom. The zero-order valence-corrected chi connectivity index (χ0v) is 45.6. The molecule has 0 aliphatic heterocycles. The maximum atomic E-state index is 12.8. The molecular weight excluding hydrogens is 853 g/mol. The zero-order valence-electron chi connectivity index (χ0n) is 45.6. The van der Waals surface area contributed by atoms with Crippen molar-refractivity contribution < 1.29 is 28.6 Å². The van der Waals surface area contributed by atoms with E-state index in [1.807, 2.05) is 0 Å². The predicted octanol–water partition coefficient (Wildman–Crippen LogP) is 19.8. The van der Waals surface area contributed by atoms with Gasteiger partial charge in [0.2, 0.25) is 0 Å². The van der Waals surface area contributed by atoms with Gasteiger partial charge in [-0.3, -0.25) is 14.4 Å². The van der Waals surface area contributed by atoms with Crippen molar-refractivity contribution in [2.45, 2.75) is 297 Å². The van der Waals surface area contributed by atoms with Gasteiger partial charge in [0.25, 0.3) is 0 Å². The number of carbonyl (C=O) groups excluding carboxylic acids is 3. The largest absolute Gasteiger partial charge is 0.462 e. The molecule has 0 heterocycles. The maximum Gasteiger partial charge on any atom is 0.306 e. The highest BCUT2D eigenvalue weighted by Gasteiger charge is 2.19. The second-order valence-corrected chi connectivity index (χ2v) is 19.5. The number of hydrogen-bond donors (Lipinski definition) is 0.